The van der Waals surface area contributed by atoms with Crippen LogP contribution in [0.4, 0.5) is 0 Å². The molecule has 1 atom stereocenters. The molecule has 3 rings (SSSR count). The van der Waals surface area contributed by atoms with E-state index in [4.69, 9.17) is 9.15 Å². The van der Waals surface area contributed by atoms with E-state index < -0.39 is 17.7 Å². The maximum absolute atomic E-state index is 12.6. The van der Waals surface area contributed by atoms with E-state index in [1.807, 2.05) is 24.3 Å². The predicted molar refractivity (Wildman–Crippen MR) is 92.0 cm³/mol. The Morgan fingerprint density at radius 3 is 2.64 bits per heavy atom. The van der Waals surface area contributed by atoms with Crippen LogP contribution in [-0.2, 0) is 4.74 Å². The van der Waals surface area contributed by atoms with Crippen molar-refractivity contribution in [3.63, 3.8) is 0 Å². The van der Waals surface area contributed by atoms with E-state index in [9.17, 15) is 14.4 Å². The molecule has 0 radical (unpaired) electrons. The van der Waals surface area contributed by atoms with Crippen molar-refractivity contribution in [2.75, 3.05) is 0 Å². The highest BCUT2D eigenvalue weighted by atomic mass is 16.5. The second kappa shape index (κ2) is 6.39. The summed E-state index contributed by atoms with van der Waals surface area (Å²) in [4.78, 5) is 39.4. The number of aromatic amines is 1. The minimum atomic E-state index is -0.975. The number of carbonyl (C=O) groups excluding carboxylic acids is 2. The van der Waals surface area contributed by atoms with Gasteiger partial charge in [-0.1, -0.05) is 18.2 Å². The van der Waals surface area contributed by atoms with Crippen LogP contribution in [0.25, 0.3) is 10.9 Å². The fourth-order valence-corrected chi connectivity index (χ4v) is 2.83. The summed E-state index contributed by atoms with van der Waals surface area (Å²) in [6, 6.07) is 8.61. The number of para-hydroxylation sites is 1. The maximum atomic E-state index is 12.6. The highest BCUT2D eigenvalue weighted by molar-refractivity contribution is 6.10. The number of esters is 1. The summed E-state index contributed by atoms with van der Waals surface area (Å²) in [7, 11) is 0. The molecule has 0 bridgehead atoms. The molecule has 3 aromatic rings. The molecule has 0 fully saturated rings. The molecule has 0 unspecified atom stereocenters. The molecular weight excluding hydrogens is 322 g/mol. The Morgan fingerprint density at radius 2 is 1.92 bits per heavy atom. The van der Waals surface area contributed by atoms with Gasteiger partial charge in [-0.2, -0.15) is 0 Å². The van der Waals surface area contributed by atoms with Crippen LogP contribution in [0.3, 0.4) is 0 Å². The van der Waals surface area contributed by atoms with E-state index in [1.165, 1.54) is 19.9 Å². The molecule has 0 saturated heterocycles. The third-order valence-electron chi connectivity index (χ3n) is 4.05. The number of hydrogen-bond acceptors (Lipinski definition) is 5. The van der Waals surface area contributed by atoms with Crippen molar-refractivity contribution >= 4 is 22.7 Å². The Labute approximate surface area is 143 Å². The minimum Gasteiger partial charge on any atom is -0.451 e. The van der Waals surface area contributed by atoms with Gasteiger partial charge < -0.3 is 14.1 Å². The third-order valence-corrected chi connectivity index (χ3v) is 4.05. The van der Waals surface area contributed by atoms with Gasteiger partial charge in [0.05, 0.1) is 0 Å². The second-order valence-electron chi connectivity index (χ2n) is 5.84. The number of Topliss-reactive ketones (excluding diaryl/α,β-unsaturated/α-hetero) is 1. The average molecular weight is 339 g/mol. The molecule has 6 nitrogen and oxygen atoms in total. The van der Waals surface area contributed by atoms with Crippen molar-refractivity contribution in [1.82, 2.24) is 4.98 Å². The molecule has 2 heterocycles. The number of aryl methyl sites for hydroxylation is 2. The maximum Gasteiger partial charge on any atom is 0.342 e. The van der Waals surface area contributed by atoms with E-state index in [0.29, 0.717) is 11.1 Å². The Hall–Kier alpha value is -3.15. The highest BCUT2D eigenvalue weighted by Gasteiger charge is 2.25. The molecule has 128 valence electrons. The summed E-state index contributed by atoms with van der Waals surface area (Å²) < 4.78 is 10.2. The molecule has 6 heteroatoms. The Balaban J connectivity index is 1.85. The average Bonchev–Trinajstić information content (AvgIpc) is 2.97. The first-order chi connectivity index (χ1) is 11.9. The Morgan fingerprint density at radius 1 is 1.20 bits per heavy atom. The second-order valence-corrected chi connectivity index (χ2v) is 5.84. The van der Waals surface area contributed by atoms with Gasteiger partial charge in [0.25, 0.3) is 0 Å². The summed E-state index contributed by atoms with van der Waals surface area (Å²) >= 11 is 0. The van der Waals surface area contributed by atoms with Gasteiger partial charge >= 0.3 is 11.6 Å². The van der Waals surface area contributed by atoms with Gasteiger partial charge in [0.2, 0.25) is 5.78 Å². The van der Waals surface area contributed by atoms with Crippen LogP contribution in [-0.4, -0.2) is 22.8 Å². The molecule has 0 aliphatic heterocycles. The van der Waals surface area contributed by atoms with Crippen LogP contribution in [0.5, 0.6) is 0 Å². The first-order valence-corrected chi connectivity index (χ1v) is 7.81. The van der Waals surface area contributed by atoms with Crippen molar-refractivity contribution in [2.45, 2.75) is 26.9 Å². The Kier molecular flexibility index (Phi) is 4.27. The van der Waals surface area contributed by atoms with Gasteiger partial charge in [-0.25, -0.2) is 9.59 Å². The number of ether oxygens (including phenoxy) is 1. The van der Waals surface area contributed by atoms with Crippen LogP contribution in [0.15, 0.2) is 45.7 Å². The number of aromatic nitrogens is 1. The molecule has 0 aliphatic rings. The van der Waals surface area contributed by atoms with E-state index >= 15 is 0 Å². The predicted octanol–water partition coefficient (Wildman–Crippen LogP) is 3.17. The first kappa shape index (κ1) is 16.7. The van der Waals surface area contributed by atoms with Gasteiger partial charge in [-0.05, 0) is 32.4 Å². The molecule has 0 spiro atoms. The summed E-state index contributed by atoms with van der Waals surface area (Å²) in [5.41, 5.74) is 1.38. The number of carbonyl (C=O) groups is 2. The topological polar surface area (TPSA) is 89.4 Å². The smallest absolute Gasteiger partial charge is 0.342 e. The Bertz CT molecular complexity index is 1000. The lowest BCUT2D eigenvalue weighted by Crippen LogP contribution is -2.25. The van der Waals surface area contributed by atoms with Gasteiger partial charge in [-0.3, -0.25) is 4.79 Å². The van der Waals surface area contributed by atoms with Crippen LogP contribution in [0.2, 0.25) is 0 Å². The molecule has 25 heavy (non-hydrogen) atoms. The normalized spacial score (nSPS) is 12.1. The van der Waals surface area contributed by atoms with Gasteiger partial charge in [-0.15, -0.1) is 0 Å². The van der Waals surface area contributed by atoms with Crippen LogP contribution in [0, 0.1) is 13.8 Å². The lowest BCUT2D eigenvalue weighted by molar-refractivity contribution is 0.0314. The third kappa shape index (κ3) is 3.10. The number of benzene rings is 1. The van der Waals surface area contributed by atoms with E-state index in [2.05, 4.69) is 4.98 Å². The summed E-state index contributed by atoms with van der Waals surface area (Å²) in [6.07, 6.45) is 0.632. The van der Waals surface area contributed by atoms with Gasteiger partial charge in [0, 0.05) is 28.7 Å². The number of rotatable bonds is 4. The molecule has 2 aromatic heterocycles. The minimum absolute atomic E-state index is 0.165. The summed E-state index contributed by atoms with van der Waals surface area (Å²) in [6.45, 7) is 4.65. The number of nitrogens with one attached hydrogen (secondary N) is 1. The fraction of sp³-hybridized carbons (Fsp3) is 0.211. The van der Waals surface area contributed by atoms with Crippen molar-refractivity contribution in [2.24, 2.45) is 0 Å². The lowest BCUT2D eigenvalue weighted by atomic mass is 10.1. The highest BCUT2D eigenvalue weighted by Crippen LogP contribution is 2.21. The number of H-pyrrole nitrogens is 1. The van der Waals surface area contributed by atoms with Crippen molar-refractivity contribution in [1.29, 1.82) is 0 Å². The number of ketones is 1. The molecule has 1 aromatic carbocycles. The zero-order valence-electron chi connectivity index (χ0n) is 14.1. The molecule has 0 saturated carbocycles. The van der Waals surface area contributed by atoms with Gasteiger partial charge in [0.1, 0.15) is 11.3 Å². The first-order valence-electron chi connectivity index (χ1n) is 7.81. The van der Waals surface area contributed by atoms with E-state index in [-0.39, 0.29) is 17.1 Å². The lowest BCUT2D eigenvalue weighted by Gasteiger charge is -2.13. The van der Waals surface area contributed by atoms with Crippen LogP contribution >= 0.6 is 0 Å². The molecular formula is C19H17NO5. The standard InChI is InChI=1S/C19H17NO5/c1-10-8-16(21)24-11(2)17(10)19(23)25-12(3)18(22)14-9-20-15-7-5-4-6-13(14)15/h4-9,12,20H,1-3H3/t12-/m1/s1. The van der Waals surface area contributed by atoms with Crippen LogP contribution in [0.1, 0.15) is 39.0 Å². The van der Waals surface area contributed by atoms with Crippen molar-refractivity contribution in [3.05, 3.63) is 69.4 Å². The summed E-state index contributed by atoms with van der Waals surface area (Å²) in [5, 5.41) is 0.772. The largest absolute Gasteiger partial charge is 0.451 e. The number of hydrogen-bond donors (Lipinski definition) is 1. The SMILES string of the molecule is Cc1cc(=O)oc(C)c1C(=O)O[C@H](C)C(=O)c1c[nH]c2ccccc12. The summed E-state index contributed by atoms with van der Waals surface area (Å²) in [5.74, 6) is -0.834. The van der Waals surface area contributed by atoms with Crippen LogP contribution < -0.4 is 5.63 Å². The molecule has 1 N–H and O–H groups in total. The fourth-order valence-electron chi connectivity index (χ4n) is 2.83. The van der Waals surface area contributed by atoms with E-state index in [0.717, 1.165) is 10.9 Å². The van der Waals surface area contributed by atoms with Crippen molar-refractivity contribution < 1.29 is 18.7 Å². The zero-order chi connectivity index (χ0) is 18.1. The zero-order valence-corrected chi connectivity index (χ0v) is 14.1. The van der Waals surface area contributed by atoms with Gasteiger partial charge in [0.15, 0.2) is 6.10 Å². The number of fused-ring (bicyclic) bond motifs is 1. The van der Waals surface area contributed by atoms with E-state index in [1.54, 1.807) is 13.1 Å². The van der Waals surface area contributed by atoms with Crippen molar-refractivity contribution in [3.8, 4) is 0 Å². The molecule has 0 amide bonds. The molecule has 0 aliphatic carbocycles. The monoisotopic (exact) mass is 339 g/mol. The quantitative estimate of drug-likeness (QED) is 0.582.